The minimum Gasteiger partial charge on any atom is -0.390 e. The zero-order chi connectivity index (χ0) is 21.5. The molecule has 0 bridgehead atoms. The Bertz CT molecular complexity index is 819. The van der Waals surface area contributed by atoms with Gasteiger partial charge < -0.3 is 25.3 Å². The van der Waals surface area contributed by atoms with Gasteiger partial charge in [0.25, 0.3) is 0 Å². The molecule has 1 aromatic rings. The number of thiocarbonyl (C=S) groups is 1. The molecule has 6 nitrogen and oxygen atoms in total. The van der Waals surface area contributed by atoms with Crippen molar-refractivity contribution in [1.29, 1.82) is 0 Å². The first-order chi connectivity index (χ1) is 13.6. The molecule has 0 radical (unpaired) electrons. The number of fused-ring (bicyclic) bond motifs is 1. The number of anilines is 1. The van der Waals surface area contributed by atoms with Crippen LogP contribution in [0.4, 0.5) is 18.9 Å². The topological polar surface area (TPSA) is 76.0 Å². The van der Waals surface area contributed by atoms with E-state index in [-0.39, 0.29) is 29.7 Å². The Labute approximate surface area is 171 Å². The fourth-order valence-electron chi connectivity index (χ4n) is 4.02. The lowest BCUT2D eigenvalue weighted by Crippen LogP contribution is -2.61. The third kappa shape index (κ3) is 3.96. The number of nitrogens with one attached hydrogen (secondary N) is 1. The highest BCUT2D eigenvalue weighted by atomic mass is 32.1. The van der Waals surface area contributed by atoms with E-state index >= 15 is 0 Å². The van der Waals surface area contributed by atoms with Crippen LogP contribution in [0.1, 0.15) is 12.0 Å². The summed E-state index contributed by atoms with van der Waals surface area (Å²) in [6.07, 6.45) is -5.42. The van der Waals surface area contributed by atoms with Gasteiger partial charge in [0.15, 0.2) is 5.11 Å². The first-order valence-corrected chi connectivity index (χ1v) is 9.46. The monoisotopic (exact) mass is 429 g/mol. The Morgan fingerprint density at radius 3 is 2.76 bits per heavy atom. The summed E-state index contributed by atoms with van der Waals surface area (Å²) in [7, 11) is 1.58. The second-order valence-corrected chi connectivity index (χ2v) is 7.68. The van der Waals surface area contributed by atoms with Gasteiger partial charge in [0.1, 0.15) is 6.10 Å². The molecular weight excluding hydrogens is 407 g/mol. The molecule has 10 heteroatoms. The van der Waals surface area contributed by atoms with Crippen molar-refractivity contribution in [1.82, 2.24) is 10.2 Å². The van der Waals surface area contributed by atoms with Crippen molar-refractivity contribution in [2.24, 2.45) is 5.92 Å². The molecule has 1 saturated carbocycles. The Hall–Kier alpha value is -2.17. The van der Waals surface area contributed by atoms with E-state index in [1.807, 2.05) is 0 Å². The van der Waals surface area contributed by atoms with Crippen LogP contribution in [0, 0.1) is 5.92 Å². The number of carbonyl (C=O) groups is 1. The highest BCUT2D eigenvalue weighted by molar-refractivity contribution is 7.80. The summed E-state index contributed by atoms with van der Waals surface area (Å²) >= 11 is 5.32. The average molecular weight is 429 g/mol. The van der Waals surface area contributed by atoms with Crippen LogP contribution < -0.4 is 10.2 Å². The predicted molar refractivity (Wildman–Crippen MR) is 105 cm³/mol. The maximum absolute atomic E-state index is 13.2. The number of aliphatic hydroxyl groups is 2. The Balaban J connectivity index is 2.03. The van der Waals surface area contributed by atoms with Crippen LogP contribution >= 0.6 is 12.2 Å². The van der Waals surface area contributed by atoms with Crippen LogP contribution in [0.25, 0.3) is 0 Å². The molecule has 1 heterocycles. The molecule has 1 aliphatic heterocycles. The van der Waals surface area contributed by atoms with Crippen LogP contribution in [0.15, 0.2) is 36.9 Å². The fraction of sp³-hybridized carbons (Fsp3) is 0.474. The first-order valence-electron chi connectivity index (χ1n) is 9.05. The van der Waals surface area contributed by atoms with Crippen molar-refractivity contribution in [3.63, 3.8) is 0 Å². The largest absolute Gasteiger partial charge is 0.416 e. The fourth-order valence-corrected chi connectivity index (χ4v) is 4.39. The van der Waals surface area contributed by atoms with Gasteiger partial charge in [0.05, 0.1) is 29.7 Å². The van der Waals surface area contributed by atoms with Crippen molar-refractivity contribution >= 4 is 28.9 Å². The third-order valence-electron chi connectivity index (χ3n) is 5.39. The van der Waals surface area contributed by atoms with E-state index in [9.17, 15) is 28.2 Å². The number of carbonyl (C=O) groups excluding carboxylic acids is 1. The van der Waals surface area contributed by atoms with Gasteiger partial charge in [-0.05, 0) is 36.8 Å². The number of benzene rings is 1. The summed E-state index contributed by atoms with van der Waals surface area (Å²) in [5, 5.41) is 23.7. The molecule has 3 N–H and O–H groups in total. The van der Waals surface area contributed by atoms with E-state index in [1.54, 1.807) is 13.1 Å². The predicted octanol–water partition coefficient (Wildman–Crippen LogP) is 1.52. The molecule has 3 rings (SSSR count). The van der Waals surface area contributed by atoms with E-state index in [2.05, 4.69) is 11.9 Å². The second-order valence-electron chi connectivity index (χ2n) is 7.29. The molecule has 158 valence electrons. The van der Waals surface area contributed by atoms with E-state index < -0.39 is 41.9 Å². The first kappa shape index (κ1) is 21.5. The Morgan fingerprint density at radius 2 is 2.14 bits per heavy atom. The van der Waals surface area contributed by atoms with E-state index in [1.165, 1.54) is 21.9 Å². The number of halogens is 3. The van der Waals surface area contributed by atoms with Gasteiger partial charge in [-0.25, -0.2) is 0 Å². The van der Waals surface area contributed by atoms with Crippen LogP contribution in [0.3, 0.4) is 0 Å². The molecule has 2 fully saturated rings. The zero-order valence-electron chi connectivity index (χ0n) is 15.6. The highest BCUT2D eigenvalue weighted by Crippen LogP contribution is 2.39. The lowest BCUT2D eigenvalue weighted by molar-refractivity contribution is -0.140. The molecule has 0 spiro atoms. The van der Waals surface area contributed by atoms with Crippen molar-refractivity contribution in [2.45, 2.75) is 36.9 Å². The van der Waals surface area contributed by atoms with Gasteiger partial charge >= 0.3 is 6.18 Å². The van der Waals surface area contributed by atoms with Crippen LogP contribution in [0.5, 0.6) is 0 Å². The molecule has 1 aliphatic carbocycles. The summed E-state index contributed by atoms with van der Waals surface area (Å²) in [5.41, 5.74) is -0.679. The molecular formula is C19H22F3N3O3S. The summed E-state index contributed by atoms with van der Waals surface area (Å²) < 4.78 is 39.6. The number of hydrogen-bond donors (Lipinski definition) is 3. The van der Waals surface area contributed by atoms with Gasteiger partial charge in [-0.2, -0.15) is 13.2 Å². The number of alkyl halides is 3. The summed E-state index contributed by atoms with van der Waals surface area (Å²) in [5.74, 6) is -1.10. The quantitative estimate of drug-likeness (QED) is 0.498. The van der Waals surface area contributed by atoms with Crippen LogP contribution in [0.2, 0.25) is 0 Å². The molecule has 29 heavy (non-hydrogen) atoms. The van der Waals surface area contributed by atoms with Gasteiger partial charge in [-0.3, -0.25) is 4.79 Å². The number of amides is 1. The lowest BCUT2D eigenvalue weighted by Gasteiger charge is -2.42. The Kier molecular flexibility index (Phi) is 5.88. The lowest BCUT2D eigenvalue weighted by atomic mass is 9.77. The minimum absolute atomic E-state index is 0.0393. The number of aliphatic hydroxyl groups excluding tert-OH is 2. The smallest absolute Gasteiger partial charge is 0.390 e. The molecule has 1 amide bonds. The zero-order valence-corrected chi connectivity index (χ0v) is 16.5. The van der Waals surface area contributed by atoms with Crippen molar-refractivity contribution in [3.05, 3.63) is 42.5 Å². The van der Waals surface area contributed by atoms with Gasteiger partial charge in [0, 0.05) is 19.3 Å². The molecule has 2 aliphatic rings. The number of hydrogen-bond acceptors (Lipinski definition) is 4. The average Bonchev–Trinajstić information content (AvgIpc) is 3.01. The molecule has 5 atom stereocenters. The minimum atomic E-state index is -4.54. The molecule has 0 unspecified atom stereocenters. The summed E-state index contributed by atoms with van der Waals surface area (Å²) in [6.45, 7) is 3.87. The van der Waals surface area contributed by atoms with Crippen molar-refractivity contribution in [3.8, 4) is 0 Å². The number of likely N-dealkylation sites (N-methyl/N-ethyl adjacent to an activating group) is 1. The maximum Gasteiger partial charge on any atom is 0.416 e. The van der Waals surface area contributed by atoms with Crippen LogP contribution in [-0.4, -0.2) is 64.0 Å². The maximum atomic E-state index is 13.2. The number of nitrogens with zero attached hydrogens (tertiary/aromatic N) is 2. The SMILES string of the molecule is C=CCN(C)C(=O)[C@H]1C[C@@H](O)[C@H](O)[C@H]2NC(=S)N(c3cccc(C(F)(F)F)c3)[C@@H]21. The number of rotatable bonds is 4. The van der Waals surface area contributed by atoms with Crippen molar-refractivity contribution in [2.75, 3.05) is 18.5 Å². The van der Waals surface area contributed by atoms with E-state index in [0.717, 1.165) is 12.1 Å². The van der Waals surface area contributed by atoms with E-state index in [0.29, 0.717) is 0 Å². The molecule has 1 saturated heterocycles. The standard InChI is InChI=1S/C19H22F3N3O3S/c1-3-7-24(2)17(28)12-9-13(26)16(27)14-15(12)25(18(29)23-14)11-6-4-5-10(8-11)19(20,21)22/h3-6,8,12-16,26-27H,1,7,9H2,2H3,(H,23,29)/t12-,13+,14-,15+,16-/m0/s1. The molecule has 1 aromatic carbocycles. The summed E-state index contributed by atoms with van der Waals surface area (Å²) in [6, 6.07) is 3.10. The Morgan fingerprint density at radius 1 is 1.45 bits per heavy atom. The van der Waals surface area contributed by atoms with E-state index in [4.69, 9.17) is 12.2 Å². The second kappa shape index (κ2) is 7.92. The molecule has 0 aromatic heterocycles. The van der Waals surface area contributed by atoms with Gasteiger partial charge in [0.2, 0.25) is 5.91 Å². The third-order valence-corrected chi connectivity index (χ3v) is 5.71. The van der Waals surface area contributed by atoms with Crippen molar-refractivity contribution < 1.29 is 28.2 Å². The normalized spacial score (nSPS) is 29.2. The highest BCUT2D eigenvalue weighted by Gasteiger charge is 2.54. The van der Waals surface area contributed by atoms with Crippen LogP contribution in [-0.2, 0) is 11.0 Å². The summed E-state index contributed by atoms with van der Waals surface area (Å²) in [4.78, 5) is 15.9. The van der Waals surface area contributed by atoms with Gasteiger partial charge in [-0.1, -0.05) is 12.1 Å². The van der Waals surface area contributed by atoms with Gasteiger partial charge in [-0.15, -0.1) is 6.58 Å².